The van der Waals surface area contributed by atoms with Crippen molar-refractivity contribution in [3.8, 4) is 0 Å². The van der Waals surface area contributed by atoms with Crippen LogP contribution < -0.4 is 0 Å². The largest absolute Gasteiger partial charge is 0.231 e. The van der Waals surface area contributed by atoms with Gasteiger partial charge in [0.05, 0.1) is 0 Å². The van der Waals surface area contributed by atoms with Crippen molar-refractivity contribution < 1.29 is 9.59 Å². The fourth-order valence-corrected chi connectivity index (χ4v) is 2.06. The molecule has 0 saturated heterocycles. The summed E-state index contributed by atoms with van der Waals surface area (Å²) in [6, 6.07) is 4.61. The van der Waals surface area contributed by atoms with Crippen molar-refractivity contribution in [2.75, 3.05) is 0 Å². The predicted molar refractivity (Wildman–Crippen MR) is 80.8 cm³/mol. The van der Waals surface area contributed by atoms with Crippen LogP contribution in [0.2, 0.25) is 0 Å². The molecule has 0 aliphatic heterocycles. The van der Waals surface area contributed by atoms with E-state index < -0.39 is 0 Å². The molecule has 0 aliphatic carbocycles. The van der Waals surface area contributed by atoms with Crippen molar-refractivity contribution in [3.05, 3.63) is 34.4 Å². The van der Waals surface area contributed by atoms with E-state index >= 15 is 0 Å². The van der Waals surface area contributed by atoms with Crippen LogP contribution >= 0.6 is 0 Å². The second-order valence-electron chi connectivity index (χ2n) is 4.67. The Morgan fingerprint density at radius 1 is 1.05 bits per heavy atom. The molecule has 4 heteroatoms. The van der Waals surface area contributed by atoms with Crippen LogP contribution in [0.5, 0.6) is 0 Å². The van der Waals surface area contributed by atoms with E-state index in [0.29, 0.717) is 5.92 Å². The second-order valence-corrected chi connectivity index (χ2v) is 4.67. The van der Waals surface area contributed by atoms with Gasteiger partial charge in [-0.2, -0.15) is 0 Å². The number of rotatable bonds is 3. The van der Waals surface area contributed by atoms with Crippen molar-refractivity contribution in [1.82, 2.24) is 0 Å². The Hall–Kier alpha value is -2.02. The molecule has 4 nitrogen and oxygen atoms in total. The lowest BCUT2D eigenvalue weighted by atomic mass is 9.90. The Bertz CT molecular complexity index is 456. The molecule has 0 fully saturated rings. The van der Waals surface area contributed by atoms with Crippen molar-refractivity contribution in [1.29, 1.82) is 10.8 Å². The van der Waals surface area contributed by atoms with Crippen LogP contribution in [-0.4, -0.2) is 12.2 Å². The molecule has 1 rings (SSSR count). The van der Waals surface area contributed by atoms with Crippen LogP contribution in [-0.2, 0) is 16.0 Å². The molecule has 0 heterocycles. The van der Waals surface area contributed by atoms with E-state index in [1.165, 1.54) is 35.1 Å². The van der Waals surface area contributed by atoms with E-state index in [1.54, 1.807) is 0 Å². The van der Waals surface area contributed by atoms with Gasteiger partial charge in [0.1, 0.15) is 0 Å². The van der Waals surface area contributed by atoms with Crippen LogP contribution in [0.1, 0.15) is 55.4 Å². The van der Waals surface area contributed by atoms with Gasteiger partial charge in [0.25, 0.3) is 0 Å². The summed E-state index contributed by atoms with van der Waals surface area (Å²) in [5.74, 6) is 0.643. The van der Waals surface area contributed by atoms with Crippen molar-refractivity contribution >= 4 is 12.2 Å². The molecule has 1 aromatic rings. The maximum absolute atomic E-state index is 8.35. The first-order chi connectivity index (χ1) is 9.40. The third kappa shape index (κ3) is 7.42. The lowest BCUT2D eigenvalue weighted by Gasteiger charge is -2.15. The average molecular weight is 276 g/mol. The van der Waals surface area contributed by atoms with Gasteiger partial charge >= 0.3 is 0 Å². The summed E-state index contributed by atoms with van der Waals surface area (Å²) < 4.78 is 0. The fraction of sp³-hybridized carbons (Fsp3) is 0.500. The molecule has 2 N–H and O–H groups in total. The minimum Gasteiger partial charge on any atom is -0.222 e. The highest BCUT2D eigenvalue weighted by molar-refractivity contribution is 5.40. The van der Waals surface area contributed by atoms with Gasteiger partial charge < -0.3 is 0 Å². The van der Waals surface area contributed by atoms with Gasteiger partial charge in [0, 0.05) is 0 Å². The van der Waals surface area contributed by atoms with E-state index in [-0.39, 0.29) is 0 Å². The normalized spacial score (nSPS) is 8.50. The monoisotopic (exact) mass is 276 g/mol. The lowest BCUT2D eigenvalue weighted by molar-refractivity contribution is 0.562. The van der Waals surface area contributed by atoms with Crippen molar-refractivity contribution in [2.24, 2.45) is 0 Å². The summed E-state index contributed by atoms with van der Waals surface area (Å²) in [7, 11) is 0. The maximum Gasteiger partial charge on any atom is 0.231 e. The van der Waals surface area contributed by atoms with Crippen LogP contribution in [0.4, 0.5) is 0 Å². The summed E-state index contributed by atoms with van der Waals surface area (Å²) in [6.07, 6.45) is 3.95. The van der Waals surface area contributed by atoms with Gasteiger partial charge in [-0.1, -0.05) is 39.3 Å². The highest BCUT2D eigenvalue weighted by atomic mass is 16.1. The molecule has 0 bridgehead atoms. The van der Waals surface area contributed by atoms with Crippen molar-refractivity contribution in [3.63, 3.8) is 0 Å². The number of nitrogens with one attached hydrogen (secondary N) is 2. The van der Waals surface area contributed by atoms with Gasteiger partial charge in [-0.05, 0) is 48.4 Å². The standard InChI is InChI=1S/C14H22.2CHNO/c1-6-7-13-8-9-14(10(2)3)12(5)11(13)4;2*2-1-3/h8-10H,6-7H2,1-5H3;2*2H. The van der Waals surface area contributed by atoms with Crippen molar-refractivity contribution in [2.45, 2.75) is 53.4 Å². The molecule has 0 spiro atoms. The molecule has 0 amide bonds. The van der Waals surface area contributed by atoms with E-state index in [4.69, 9.17) is 20.4 Å². The first kappa shape index (κ1) is 20.3. The Kier molecular flexibility index (Phi) is 12.2. The van der Waals surface area contributed by atoms with Crippen LogP contribution in [0.15, 0.2) is 12.1 Å². The zero-order valence-electron chi connectivity index (χ0n) is 13.0. The summed E-state index contributed by atoms with van der Waals surface area (Å²) in [5, 5.41) is 10.8. The third-order valence-electron chi connectivity index (χ3n) is 3.08. The SMILES string of the molecule is CCCc1ccc(C(C)C)c(C)c1C.N=C=O.N=C=O. The van der Waals surface area contributed by atoms with Gasteiger partial charge in [0.15, 0.2) is 0 Å². The molecule has 0 aromatic heterocycles. The predicted octanol–water partition coefficient (Wildman–Crippen LogP) is 4.18. The summed E-state index contributed by atoms with van der Waals surface area (Å²) in [5.41, 5.74) is 6.01. The first-order valence-electron chi connectivity index (χ1n) is 6.57. The topological polar surface area (TPSA) is 81.8 Å². The van der Waals surface area contributed by atoms with Gasteiger partial charge in [-0.25, -0.2) is 20.4 Å². The summed E-state index contributed by atoms with van der Waals surface area (Å²) in [4.78, 5) is 16.7. The van der Waals surface area contributed by atoms with E-state index in [1.807, 2.05) is 0 Å². The number of aryl methyl sites for hydroxylation is 1. The van der Waals surface area contributed by atoms with Crippen LogP contribution in [0, 0.1) is 24.7 Å². The quantitative estimate of drug-likeness (QED) is 0.641. The number of hydrogen-bond acceptors (Lipinski definition) is 4. The Morgan fingerprint density at radius 3 is 1.85 bits per heavy atom. The zero-order chi connectivity index (χ0) is 16.1. The minimum absolute atomic E-state index is 0.643. The zero-order valence-corrected chi connectivity index (χ0v) is 13.0. The molecule has 20 heavy (non-hydrogen) atoms. The molecule has 1 aromatic carbocycles. The minimum atomic E-state index is 0.643. The number of benzene rings is 1. The number of isocyanates is 2. The fourth-order valence-electron chi connectivity index (χ4n) is 2.06. The molecule has 0 atom stereocenters. The smallest absolute Gasteiger partial charge is 0.222 e. The maximum atomic E-state index is 8.35. The average Bonchev–Trinajstić information content (AvgIpc) is 2.37. The van der Waals surface area contributed by atoms with E-state index in [2.05, 4.69) is 46.8 Å². The molecular formula is C16H24N2O2. The Morgan fingerprint density at radius 2 is 1.50 bits per heavy atom. The first-order valence-corrected chi connectivity index (χ1v) is 6.57. The molecule has 0 radical (unpaired) electrons. The highest BCUT2D eigenvalue weighted by Crippen LogP contribution is 2.24. The molecule has 0 unspecified atom stereocenters. The van der Waals surface area contributed by atoms with E-state index in [0.717, 1.165) is 12.2 Å². The third-order valence-corrected chi connectivity index (χ3v) is 3.08. The second kappa shape index (κ2) is 12.0. The summed E-state index contributed by atoms with van der Waals surface area (Å²) >= 11 is 0. The molecule has 110 valence electrons. The lowest BCUT2D eigenvalue weighted by Crippen LogP contribution is -1.98. The highest BCUT2D eigenvalue weighted by Gasteiger charge is 2.07. The van der Waals surface area contributed by atoms with Gasteiger partial charge in [-0.15, -0.1) is 0 Å². The van der Waals surface area contributed by atoms with Gasteiger partial charge in [-0.3, -0.25) is 0 Å². The van der Waals surface area contributed by atoms with E-state index in [9.17, 15) is 0 Å². The molecular weight excluding hydrogens is 252 g/mol. The summed E-state index contributed by atoms with van der Waals surface area (Å²) in [6.45, 7) is 11.3. The van der Waals surface area contributed by atoms with Crippen LogP contribution in [0.25, 0.3) is 0 Å². The Labute approximate surface area is 121 Å². The number of hydrogen-bond donors (Lipinski definition) is 2. The number of carbonyl (C=O) groups excluding carboxylic acids is 2. The Balaban J connectivity index is 0. The van der Waals surface area contributed by atoms with Gasteiger partial charge in [0.2, 0.25) is 12.2 Å². The molecule has 0 saturated carbocycles. The van der Waals surface area contributed by atoms with Crippen LogP contribution in [0.3, 0.4) is 0 Å². The molecule has 0 aliphatic rings.